The Morgan fingerprint density at radius 2 is 2.10 bits per heavy atom. The highest BCUT2D eigenvalue weighted by atomic mass is 19.4. The molecule has 20 heavy (non-hydrogen) atoms. The van der Waals surface area contributed by atoms with E-state index in [0.717, 1.165) is 25.7 Å². The Morgan fingerprint density at radius 1 is 1.40 bits per heavy atom. The second kappa shape index (κ2) is 6.11. The van der Waals surface area contributed by atoms with Gasteiger partial charge in [0.15, 0.2) is 0 Å². The first-order valence-electron chi connectivity index (χ1n) is 6.42. The van der Waals surface area contributed by atoms with Gasteiger partial charge in [-0.05, 0) is 31.7 Å². The average Bonchev–Trinajstić information content (AvgIpc) is 2.88. The number of carbonyl (C=O) groups excluding carboxylic acids is 1. The van der Waals surface area contributed by atoms with Gasteiger partial charge in [-0.25, -0.2) is 4.98 Å². The molecular weight excluding hydrogens is 273 g/mol. The number of aromatic nitrogens is 1. The van der Waals surface area contributed by atoms with Crippen LogP contribution in [0, 0.1) is 0 Å². The Labute approximate surface area is 114 Å². The molecule has 1 fully saturated rings. The lowest BCUT2D eigenvalue weighted by Gasteiger charge is -2.13. The first-order valence-corrected chi connectivity index (χ1v) is 6.42. The molecule has 0 spiro atoms. The van der Waals surface area contributed by atoms with Gasteiger partial charge in [0.2, 0.25) is 5.88 Å². The molecule has 1 saturated carbocycles. The fourth-order valence-corrected chi connectivity index (χ4v) is 2.07. The summed E-state index contributed by atoms with van der Waals surface area (Å²) in [5.41, 5.74) is 0.109. The smallest absolute Gasteiger partial charge is 0.405 e. The van der Waals surface area contributed by atoms with Crippen molar-refractivity contribution in [2.45, 2.75) is 38.0 Å². The maximum absolute atomic E-state index is 12.0. The van der Waals surface area contributed by atoms with E-state index < -0.39 is 18.6 Å². The number of amides is 1. The molecule has 4 nitrogen and oxygen atoms in total. The highest BCUT2D eigenvalue weighted by Gasteiger charge is 2.28. The van der Waals surface area contributed by atoms with Crippen LogP contribution in [0.4, 0.5) is 13.2 Å². The van der Waals surface area contributed by atoms with Crippen LogP contribution in [0.25, 0.3) is 0 Å². The van der Waals surface area contributed by atoms with Crippen LogP contribution in [0.2, 0.25) is 0 Å². The maximum Gasteiger partial charge on any atom is 0.405 e. The normalized spacial score (nSPS) is 16.1. The lowest BCUT2D eigenvalue weighted by Crippen LogP contribution is -2.33. The van der Waals surface area contributed by atoms with Gasteiger partial charge in [-0.1, -0.05) is 0 Å². The molecule has 7 heteroatoms. The molecule has 1 amide bonds. The van der Waals surface area contributed by atoms with Gasteiger partial charge >= 0.3 is 6.18 Å². The Kier molecular flexibility index (Phi) is 4.46. The number of pyridine rings is 1. The standard InChI is InChI=1S/C13H15F3N2O2/c14-13(15,16)8-18-12(19)9-5-6-17-11(7-9)20-10-3-1-2-4-10/h5-7,10H,1-4,8H2,(H,18,19). The van der Waals surface area contributed by atoms with E-state index in [9.17, 15) is 18.0 Å². The third-order valence-electron chi connectivity index (χ3n) is 3.04. The number of nitrogens with zero attached hydrogens (tertiary/aromatic N) is 1. The molecule has 0 radical (unpaired) electrons. The third-order valence-corrected chi connectivity index (χ3v) is 3.04. The summed E-state index contributed by atoms with van der Waals surface area (Å²) in [6.45, 7) is -1.35. The molecule has 1 aliphatic carbocycles. The van der Waals surface area contributed by atoms with Crippen LogP contribution in [0.3, 0.4) is 0 Å². The van der Waals surface area contributed by atoms with Crippen molar-refractivity contribution in [2.24, 2.45) is 0 Å². The summed E-state index contributed by atoms with van der Waals surface area (Å²) < 4.78 is 41.7. The second-order valence-electron chi connectivity index (χ2n) is 4.70. The zero-order valence-electron chi connectivity index (χ0n) is 10.7. The largest absolute Gasteiger partial charge is 0.474 e. The summed E-state index contributed by atoms with van der Waals surface area (Å²) >= 11 is 0. The molecule has 1 N–H and O–H groups in total. The maximum atomic E-state index is 12.0. The highest BCUT2D eigenvalue weighted by Crippen LogP contribution is 2.23. The van der Waals surface area contributed by atoms with E-state index >= 15 is 0 Å². The average molecular weight is 288 g/mol. The van der Waals surface area contributed by atoms with Crippen LogP contribution in [0.15, 0.2) is 18.3 Å². The van der Waals surface area contributed by atoms with Crippen LogP contribution in [-0.4, -0.2) is 29.7 Å². The third kappa shape index (κ3) is 4.40. The Hall–Kier alpha value is -1.79. The van der Waals surface area contributed by atoms with Crippen molar-refractivity contribution >= 4 is 5.91 Å². The van der Waals surface area contributed by atoms with E-state index in [4.69, 9.17) is 4.74 Å². The molecule has 1 aromatic heterocycles. The molecule has 0 aliphatic heterocycles. The summed E-state index contributed by atoms with van der Waals surface area (Å²) in [5.74, 6) is -0.516. The van der Waals surface area contributed by atoms with Gasteiger partial charge in [-0.2, -0.15) is 13.2 Å². The number of nitrogens with one attached hydrogen (secondary N) is 1. The fraction of sp³-hybridized carbons (Fsp3) is 0.538. The lowest BCUT2D eigenvalue weighted by atomic mass is 10.2. The minimum absolute atomic E-state index is 0.0796. The van der Waals surface area contributed by atoms with Gasteiger partial charge in [0, 0.05) is 17.8 Å². The number of hydrogen-bond donors (Lipinski definition) is 1. The zero-order chi connectivity index (χ0) is 14.6. The monoisotopic (exact) mass is 288 g/mol. The van der Waals surface area contributed by atoms with Gasteiger partial charge in [0.1, 0.15) is 12.6 Å². The summed E-state index contributed by atoms with van der Waals surface area (Å²) in [6.07, 6.45) is 1.07. The van der Waals surface area contributed by atoms with Crippen molar-refractivity contribution < 1.29 is 22.7 Å². The number of ether oxygens (including phenoxy) is 1. The molecule has 0 aromatic carbocycles. The molecule has 0 saturated heterocycles. The van der Waals surface area contributed by atoms with Crippen molar-refractivity contribution in [3.63, 3.8) is 0 Å². The first kappa shape index (κ1) is 14.6. The first-order chi connectivity index (χ1) is 9.44. The van der Waals surface area contributed by atoms with Crippen LogP contribution >= 0.6 is 0 Å². The van der Waals surface area contributed by atoms with E-state index in [1.165, 1.54) is 18.3 Å². The number of hydrogen-bond acceptors (Lipinski definition) is 3. The summed E-state index contributed by atoms with van der Waals surface area (Å²) in [6, 6.07) is 2.72. The fourth-order valence-electron chi connectivity index (χ4n) is 2.07. The van der Waals surface area contributed by atoms with E-state index in [2.05, 4.69) is 4.98 Å². The van der Waals surface area contributed by atoms with E-state index in [1.807, 2.05) is 5.32 Å². The minimum Gasteiger partial charge on any atom is -0.474 e. The number of rotatable bonds is 4. The highest BCUT2D eigenvalue weighted by molar-refractivity contribution is 5.94. The molecule has 0 atom stereocenters. The molecule has 1 heterocycles. The summed E-state index contributed by atoms with van der Waals surface area (Å²) in [7, 11) is 0. The Bertz CT molecular complexity index is 471. The quantitative estimate of drug-likeness (QED) is 0.926. The van der Waals surface area contributed by atoms with Crippen molar-refractivity contribution in [1.82, 2.24) is 10.3 Å². The predicted octanol–water partition coefficient (Wildman–Crippen LogP) is 2.70. The van der Waals surface area contributed by atoms with Crippen LogP contribution in [0.1, 0.15) is 36.0 Å². The second-order valence-corrected chi connectivity index (χ2v) is 4.70. The van der Waals surface area contributed by atoms with Crippen LogP contribution in [-0.2, 0) is 0 Å². The van der Waals surface area contributed by atoms with E-state index in [0.29, 0.717) is 0 Å². The molecule has 2 rings (SSSR count). The Balaban J connectivity index is 1.96. The van der Waals surface area contributed by atoms with Gasteiger partial charge in [-0.3, -0.25) is 4.79 Å². The van der Waals surface area contributed by atoms with Gasteiger partial charge in [-0.15, -0.1) is 0 Å². The van der Waals surface area contributed by atoms with E-state index in [1.54, 1.807) is 0 Å². The minimum atomic E-state index is -4.42. The SMILES string of the molecule is O=C(NCC(F)(F)F)c1ccnc(OC2CCCC2)c1. The van der Waals surface area contributed by atoms with Crippen molar-refractivity contribution in [2.75, 3.05) is 6.54 Å². The van der Waals surface area contributed by atoms with Crippen LogP contribution in [0.5, 0.6) is 5.88 Å². The van der Waals surface area contributed by atoms with E-state index in [-0.39, 0.29) is 17.5 Å². The number of carbonyl (C=O) groups is 1. The molecule has 0 bridgehead atoms. The topological polar surface area (TPSA) is 51.2 Å². The van der Waals surface area contributed by atoms with Crippen LogP contribution < -0.4 is 10.1 Å². The van der Waals surface area contributed by atoms with Gasteiger partial charge < -0.3 is 10.1 Å². The van der Waals surface area contributed by atoms with Gasteiger partial charge in [0.05, 0.1) is 0 Å². The van der Waals surface area contributed by atoms with Gasteiger partial charge in [0.25, 0.3) is 5.91 Å². The molecule has 1 aliphatic rings. The molecular formula is C13H15F3N2O2. The Morgan fingerprint density at radius 3 is 2.75 bits per heavy atom. The molecule has 0 unspecified atom stereocenters. The zero-order valence-corrected chi connectivity index (χ0v) is 10.7. The van der Waals surface area contributed by atoms with Crippen molar-refractivity contribution in [3.05, 3.63) is 23.9 Å². The van der Waals surface area contributed by atoms with Crippen molar-refractivity contribution in [3.8, 4) is 5.88 Å². The predicted molar refractivity (Wildman–Crippen MR) is 65.5 cm³/mol. The number of alkyl halides is 3. The number of halogens is 3. The molecule has 110 valence electrons. The van der Waals surface area contributed by atoms with Crippen molar-refractivity contribution in [1.29, 1.82) is 0 Å². The summed E-state index contributed by atoms with van der Waals surface area (Å²) in [5, 5.41) is 1.81. The summed E-state index contributed by atoms with van der Waals surface area (Å²) in [4.78, 5) is 15.6. The molecule has 1 aromatic rings. The lowest BCUT2D eigenvalue weighted by molar-refractivity contribution is -0.123.